The second kappa shape index (κ2) is 8.88. The van der Waals surface area contributed by atoms with E-state index in [1.54, 1.807) is 42.5 Å². The highest BCUT2D eigenvalue weighted by atomic mass is 32.1. The van der Waals surface area contributed by atoms with Crippen molar-refractivity contribution in [1.29, 1.82) is 5.26 Å². The van der Waals surface area contributed by atoms with Crippen LogP contribution in [0.2, 0.25) is 0 Å². The first-order valence-electron chi connectivity index (χ1n) is 8.03. The number of aromatic nitrogens is 1. The fraction of sp³-hybridized carbons (Fsp3) is 0.0500. The van der Waals surface area contributed by atoms with E-state index in [2.05, 4.69) is 21.1 Å². The lowest BCUT2D eigenvalue weighted by Gasteiger charge is -2.03. The number of halogens is 2. The molecule has 0 aliphatic carbocycles. The summed E-state index contributed by atoms with van der Waals surface area (Å²) < 4.78 is 28.5. The Morgan fingerprint density at radius 3 is 2.54 bits per heavy atom. The smallest absolute Gasteiger partial charge is 0.387 e. The van der Waals surface area contributed by atoms with Crippen molar-refractivity contribution in [3.63, 3.8) is 0 Å². The molecule has 1 aromatic heterocycles. The second-order valence-electron chi connectivity index (χ2n) is 5.50. The molecule has 0 spiro atoms. The van der Waals surface area contributed by atoms with Crippen LogP contribution in [0.15, 0.2) is 60.0 Å². The van der Waals surface area contributed by atoms with Gasteiger partial charge in [-0.3, -0.25) is 10.1 Å². The van der Waals surface area contributed by atoms with Gasteiger partial charge in [0.05, 0.1) is 17.3 Å². The van der Waals surface area contributed by atoms with Gasteiger partial charge in [0.25, 0.3) is 0 Å². The first-order valence-corrected chi connectivity index (χ1v) is 8.91. The SMILES string of the molecule is N#Cc1ccc(-c2csc(NC(=O)/C=C/c3ccc(OC(F)F)cc3)n2)cc1. The van der Waals surface area contributed by atoms with Gasteiger partial charge in [0.15, 0.2) is 5.13 Å². The van der Waals surface area contributed by atoms with E-state index < -0.39 is 6.61 Å². The third-order valence-electron chi connectivity index (χ3n) is 3.58. The summed E-state index contributed by atoms with van der Waals surface area (Å²) in [5.41, 5.74) is 2.77. The van der Waals surface area contributed by atoms with Gasteiger partial charge < -0.3 is 4.74 Å². The predicted octanol–water partition coefficient (Wildman–Crippen LogP) is 4.94. The van der Waals surface area contributed by atoms with Crippen LogP contribution >= 0.6 is 11.3 Å². The van der Waals surface area contributed by atoms with E-state index in [-0.39, 0.29) is 11.7 Å². The van der Waals surface area contributed by atoms with E-state index in [0.717, 1.165) is 5.56 Å². The lowest BCUT2D eigenvalue weighted by Crippen LogP contribution is -2.07. The number of carbonyl (C=O) groups excluding carboxylic acids is 1. The van der Waals surface area contributed by atoms with Gasteiger partial charge in [-0.15, -0.1) is 11.3 Å². The third kappa shape index (κ3) is 5.22. The van der Waals surface area contributed by atoms with E-state index in [9.17, 15) is 13.6 Å². The molecule has 1 N–H and O–H groups in total. The van der Waals surface area contributed by atoms with Crippen LogP contribution in [0.3, 0.4) is 0 Å². The van der Waals surface area contributed by atoms with E-state index in [0.29, 0.717) is 22.0 Å². The molecule has 3 rings (SSSR count). The van der Waals surface area contributed by atoms with Gasteiger partial charge >= 0.3 is 6.61 Å². The normalized spacial score (nSPS) is 10.8. The van der Waals surface area contributed by atoms with Crippen LogP contribution < -0.4 is 10.1 Å². The average molecular weight is 397 g/mol. The maximum atomic E-state index is 12.1. The highest BCUT2D eigenvalue weighted by molar-refractivity contribution is 7.14. The Morgan fingerprint density at radius 1 is 1.18 bits per heavy atom. The molecule has 5 nitrogen and oxygen atoms in total. The molecule has 28 heavy (non-hydrogen) atoms. The molecule has 140 valence electrons. The molecule has 1 heterocycles. The van der Waals surface area contributed by atoms with Gasteiger partial charge in [-0.05, 0) is 35.9 Å². The zero-order chi connectivity index (χ0) is 19.9. The van der Waals surface area contributed by atoms with Gasteiger partial charge in [-0.2, -0.15) is 14.0 Å². The fourth-order valence-corrected chi connectivity index (χ4v) is 2.98. The van der Waals surface area contributed by atoms with Crippen LogP contribution in [-0.2, 0) is 4.79 Å². The molecule has 8 heteroatoms. The molecule has 0 aliphatic heterocycles. The van der Waals surface area contributed by atoms with Crippen molar-refractivity contribution in [2.75, 3.05) is 5.32 Å². The lowest BCUT2D eigenvalue weighted by molar-refractivity contribution is -0.111. The standard InChI is InChI=1S/C20H13F2N3O2S/c21-19(22)27-16-8-3-13(4-9-16)5-10-18(26)25-20-24-17(12-28-20)15-6-1-14(11-23)2-7-15/h1-10,12,19H,(H,24,25,26)/b10-5+. The molecule has 2 aromatic carbocycles. The Kier molecular flexibility index (Phi) is 6.09. The first kappa shape index (κ1) is 19.2. The zero-order valence-corrected chi connectivity index (χ0v) is 15.1. The van der Waals surface area contributed by atoms with Crippen molar-refractivity contribution in [2.45, 2.75) is 6.61 Å². The van der Waals surface area contributed by atoms with Crippen LogP contribution in [0.25, 0.3) is 17.3 Å². The summed E-state index contributed by atoms with van der Waals surface area (Å²) in [6, 6.07) is 15.0. The minimum Gasteiger partial charge on any atom is -0.435 e. The summed E-state index contributed by atoms with van der Waals surface area (Å²) in [5, 5.41) is 13.7. The molecule has 0 fully saturated rings. The summed E-state index contributed by atoms with van der Waals surface area (Å²) in [4.78, 5) is 16.4. The molecule has 0 unspecified atom stereocenters. The fourth-order valence-electron chi connectivity index (χ4n) is 2.26. The Labute approximate surface area is 163 Å². The highest BCUT2D eigenvalue weighted by Gasteiger charge is 2.07. The summed E-state index contributed by atoms with van der Waals surface area (Å²) >= 11 is 1.28. The maximum Gasteiger partial charge on any atom is 0.387 e. The monoisotopic (exact) mass is 397 g/mol. The van der Waals surface area contributed by atoms with Crippen molar-refractivity contribution in [1.82, 2.24) is 4.98 Å². The summed E-state index contributed by atoms with van der Waals surface area (Å²) in [7, 11) is 0. The molecule has 0 saturated heterocycles. The quantitative estimate of drug-likeness (QED) is 0.598. The molecule has 1 amide bonds. The van der Waals surface area contributed by atoms with Crippen LogP contribution in [-0.4, -0.2) is 17.5 Å². The Morgan fingerprint density at radius 2 is 1.89 bits per heavy atom. The molecule has 0 atom stereocenters. The highest BCUT2D eigenvalue weighted by Crippen LogP contribution is 2.25. The molecule has 0 saturated carbocycles. The zero-order valence-electron chi connectivity index (χ0n) is 14.3. The number of nitrogens with zero attached hydrogens (tertiary/aromatic N) is 2. The predicted molar refractivity (Wildman–Crippen MR) is 103 cm³/mol. The number of benzene rings is 2. The first-order chi connectivity index (χ1) is 13.5. The average Bonchev–Trinajstić information content (AvgIpc) is 3.15. The Hall–Kier alpha value is -3.57. The summed E-state index contributed by atoms with van der Waals surface area (Å²) in [6.07, 6.45) is 2.88. The van der Waals surface area contributed by atoms with Gasteiger partial charge in [-0.1, -0.05) is 24.3 Å². The van der Waals surface area contributed by atoms with Crippen LogP contribution in [0.1, 0.15) is 11.1 Å². The lowest BCUT2D eigenvalue weighted by atomic mass is 10.1. The van der Waals surface area contributed by atoms with E-state index in [1.807, 2.05) is 5.38 Å². The van der Waals surface area contributed by atoms with Gasteiger partial charge in [0, 0.05) is 17.0 Å². The van der Waals surface area contributed by atoms with Crippen molar-refractivity contribution >= 4 is 28.5 Å². The molecule has 0 bridgehead atoms. The number of hydrogen-bond acceptors (Lipinski definition) is 5. The van der Waals surface area contributed by atoms with Gasteiger partial charge in [0.2, 0.25) is 5.91 Å². The number of amides is 1. The molecular formula is C20H13F2N3O2S. The van der Waals surface area contributed by atoms with E-state index >= 15 is 0 Å². The number of ether oxygens (including phenoxy) is 1. The van der Waals surface area contributed by atoms with E-state index in [4.69, 9.17) is 5.26 Å². The molecule has 0 radical (unpaired) electrons. The Balaban J connectivity index is 1.59. The largest absolute Gasteiger partial charge is 0.435 e. The summed E-state index contributed by atoms with van der Waals surface area (Å²) in [6.45, 7) is -2.88. The number of carbonyl (C=O) groups is 1. The number of nitrogens with one attached hydrogen (secondary N) is 1. The van der Waals surface area contributed by atoms with Crippen molar-refractivity contribution in [3.8, 4) is 23.1 Å². The number of rotatable bonds is 6. The number of hydrogen-bond donors (Lipinski definition) is 1. The Bertz CT molecular complexity index is 1020. The number of anilines is 1. The van der Waals surface area contributed by atoms with Gasteiger partial charge in [-0.25, -0.2) is 4.98 Å². The van der Waals surface area contributed by atoms with Gasteiger partial charge in [0.1, 0.15) is 5.75 Å². The maximum absolute atomic E-state index is 12.1. The van der Waals surface area contributed by atoms with Crippen LogP contribution in [0.4, 0.5) is 13.9 Å². The van der Waals surface area contributed by atoms with Crippen LogP contribution in [0, 0.1) is 11.3 Å². The minimum absolute atomic E-state index is 0.0507. The minimum atomic E-state index is -2.88. The number of alkyl halides is 2. The number of thiazole rings is 1. The second-order valence-corrected chi connectivity index (χ2v) is 6.36. The number of nitriles is 1. The molecular weight excluding hydrogens is 384 g/mol. The van der Waals surface area contributed by atoms with Crippen molar-refractivity contribution < 1.29 is 18.3 Å². The topological polar surface area (TPSA) is 75.0 Å². The summed E-state index contributed by atoms with van der Waals surface area (Å²) in [5.74, 6) is -0.316. The molecule has 0 aliphatic rings. The van der Waals surface area contributed by atoms with Crippen molar-refractivity contribution in [3.05, 3.63) is 71.1 Å². The van der Waals surface area contributed by atoms with Crippen molar-refractivity contribution in [2.24, 2.45) is 0 Å². The molecule has 3 aromatic rings. The van der Waals surface area contributed by atoms with Crippen LogP contribution in [0.5, 0.6) is 5.75 Å². The van der Waals surface area contributed by atoms with E-state index in [1.165, 1.54) is 29.5 Å². The third-order valence-corrected chi connectivity index (χ3v) is 4.33.